The Bertz CT molecular complexity index is 2770. The molecule has 0 aliphatic heterocycles. The Morgan fingerprint density at radius 2 is 1.06 bits per heavy atom. The molecule has 0 bridgehead atoms. The maximum absolute atomic E-state index is 6.26. The second-order valence-electron chi connectivity index (χ2n) is 12.9. The minimum absolute atomic E-state index is 0.605. The summed E-state index contributed by atoms with van der Waals surface area (Å²) in [5.41, 5.74) is 13.1. The number of nitrogens with zero attached hydrogens (tertiary/aromatic N) is 3. The van der Waals surface area contributed by atoms with Crippen LogP contribution in [0.5, 0.6) is 0 Å². The smallest absolute Gasteiger partial charge is 0.227 e. The van der Waals surface area contributed by atoms with E-state index in [1.807, 2.05) is 24.3 Å². The molecule has 0 spiro atoms. The van der Waals surface area contributed by atoms with Gasteiger partial charge in [0.1, 0.15) is 11.0 Å². The lowest BCUT2D eigenvalue weighted by Gasteiger charge is -2.10. The van der Waals surface area contributed by atoms with Crippen LogP contribution in [0.4, 0.5) is 0 Å². The largest absolute Gasteiger partial charge is 0.436 e. The molecule has 0 unspecified atom stereocenters. The van der Waals surface area contributed by atoms with Crippen molar-refractivity contribution in [1.29, 1.82) is 0 Å². The molecule has 0 saturated carbocycles. The van der Waals surface area contributed by atoms with Crippen molar-refractivity contribution in [3.63, 3.8) is 0 Å². The number of aryl methyl sites for hydroxylation is 2. The monoisotopic (exact) mass is 631 g/mol. The fourth-order valence-corrected chi connectivity index (χ4v) is 7.06. The highest BCUT2D eigenvalue weighted by molar-refractivity contribution is 6.11. The predicted molar refractivity (Wildman–Crippen MR) is 199 cm³/mol. The van der Waals surface area contributed by atoms with Crippen LogP contribution in [-0.4, -0.2) is 14.5 Å². The van der Waals surface area contributed by atoms with E-state index in [0.29, 0.717) is 11.8 Å². The van der Waals surface area contributed by atoms with Gasteiger partial charge in [0.2, 0.25) is 11.8 Å². The maximum atomic E-state index is 6.26. The number of fused-ring (bicyclic) bond motifs is 6. The summed E-state index contributed by atoms with van der Waals surface area (Å²) in [5.74, 6) is 1.21. The van der Waals surface area contributed by atoms with Gasteiger partial charge in [0.15, 0.2) is 11.2 Å². The molecule has 5 heteroatoms. The third-order valence-electron chi connectivity index (χ3n) is 9.55. The van der Waals surface area contributed by atoms with Crippen molar-refractivity contribution in [1.82, 2.24) is 14.5 Å². The number of hydrogen-bond acceptors (Lipinski definition) is 4. The van der Waals surface area contributed by atoms with Gasteiger partial charge < -0.3 is 13.4 Å². The molecule has 0 radical (unpaired) electrons. The molecule has 3 heterocycles. The highest BCUT2D eigenvalue weighted by Gasteiger charge is 2.18. The molecule has 5 nitrogen and oxygen atoms in total. The summed E-state index contributed by atoms with van der Waals surface area (Å²) in [5, 5.41) is 4.67. The quantitative estimate of drug-likeness (QED) is 0.194. The van der Waals surface area contributed by atoms with E-state index in [9.17, 15) is 0 Å². The van der Waals surface area contributed by atoms with Crippen LogP contribution in [-0.2, 0) is 0 Å². The summed E-state index contributed by atoms with van der Waals surface area (Å²) in [6, 6.07) is 49.1. The van der Waals surface area contributed by atoms with Gasteiger partial charge in [-0.3, -0.25) is 0 Å². The van der Waals surface area contributed by atoms with E-state index in [-0.39, 0.29) is 0 Å². The number of oxazole rings is 2. The van der Waals surface area contributed by atoms with E-state index in [1.54, 1.807) is 0 Å². The van der Waals surface area contributed by atoms with E-state index in [4.69, 9.17) is 18.8 Å². The van der Waals surface area contributed by atoms with E-state index >= 15 is 0 Å². The molecule has 10 aromatic rings. The summed E-state index contributed by atoms with van der Waals surface area (Å²) >= 11 is 0. The van der Waals surface area contributed by atoms with Gasteiger partial charge in [0.25, 0.3) is 0 Å². The van der Waals surface area contributed by atoms with Crippen LogP contribution in [0.2, 0.25) is 0 Å². The van der Waals surface area contributed by atoms with E-state index in [0.717, 1.165) is 71.9 Å². The van der Waals surface area contributed by atoms with Crippen LogP contribution in [0.25, 0.3) is 94.5 Å². The van der Waals surface area contributed by atoms with Crippen LogP contribution in [0.1, 0.15) is 11.1 Å². The maximum Gasteiger partial charge on any atom is 0.227 e. The SMILES string of the molecule is Cc1ccc2oc(-c3ccc4c(c3)c3cc(-c5nc6ccc(C)cc6o5)ccc3n4-c3ccc(-c4ccc5ccccc5c4)cc3)nc2c1. The third kappa shape index (κ3) is 4.54. The summed E-state index contributed by atoms with van der Waals surface area (Å²) in [7, 11) is 0. The molecule has 0 amide bonds. The first-order valence-electron chi connectivity index (χ1n) is 16.5. The zero-order chi connectivity index (χ0) is 32.6. The molecule has 3 aromatic heterocycles. The zero-order valence-electron chi connectivity index (χ0n) is 26.9. The average Bonchev–Trinajstić information content (AvgIpc) is 3.84. The van der Waals surface area contributed by atoms with Crippen LogP contribution >= 0.6 is 0 Å². The topological polar surface area (TPSA) is 57.0 Å². The van der Waals surface area contributed by atoms with Crippen LogP contribution in [0.15, 0.2) is 148 Å². The summed E-state index contributed by atoms with van der Waals surface area (Å²) in [6.07, 6.45) is 0. The first kappa shape index (κ1) is 27.6. The Morgan fingerprint density at radius 1 is 0.449 bits per heavy atom. The molecular formula is C44H29N3O2. The van der Waals surface area contributed by atoms with Crippen molar-refractivity contribution in [3.8, 4) is 39.7 Å². The number of rotatable bonds is 4. The predicted octanol–water partition coefficient (Wildman–Crippen LogP) is 11.8. The molecular weight excluding hydrogens is 603 g/mol. The zero-order valence-corrected chi connectivity index (χ0v) is 26.9. The number of benzene rings is 7. The van der Waals surface area contributed by atoms with E-state index < -0.39 is 0 Å². The van der Waals surface area contributed by atoms with E-state index in [2.05, 4.69) is 134 Å². The summed E-state index contributed by atoms with van der Waals surface area (Å²) in [4.78, 5) is 9.68. The molecule has 0 aliphatic rings. The minimum atomic E-state index is 0.605. The normalized spacial score (nSPS) is 11.9. The lowest BCUT2D eigenvalue weighted by atomic mass is 10.0. The average molecular weight is 632 g/mol. The fraction of sp³-hybridized carbons (Fsp3) is 0.0455. The number of aromatic nitrogens is 3. The van der Waals surface area contributed by atoms with Gasteiger partial charge in [-0.15, -0.1) is 0 Å². The second kappa shape index (κ2) is 10.5. The minimum Gasteiger partial charge on any atom is -0.436 e. The highest BCUT2D eigenvalue weighted by atomic mass is 16.4. The van der Waals surface area contributed by atoms with Gasteiger partial charge in [-0.25, -0.2) is 9.97 Å². The molecule has 0 atom stereocenters. The Labute approximate surface area is 281 Å². The number of hydrogen-bond donors (Lipinski definition) is 0. The van der Waals surface area contributed by atoms with Crippen LogP contribution in [0.3, 0.4) is 0 Å². The molecule has 7 aromatic carbocycles. The summed E-state index contributed by atoms with van der Waals surface area (Å²) < 4.78 is 14.8. The Kier molecular flexibility index (Phi) is 5.94. The first-order valence-corrected chi connectivity index (χ1v) is 16.5. The van der Waals surface area contributed by atoms with E-state index in [1.165, 1.54) is 21.9 Å². The Hall–Kier alpha value is -6.46. The molecule has 0 saturated heterocycles. The first-order chi connectivity index (χ1) is 24.0. The molecule has 0 aliphatic carbocycles. The molecule has 49 heavy (non-hydrogen) atoms. The van der Waals surface area contributed by atoms with Gasteiger partial charge in [-0.2, -0.15) is 0 Å². The second-order valence-corrected chi connectivity index (χ2v) is 12.9. The van der Waals surface area contributed by atoms with Crippen molar-refractivity contribution < 1.29 is 8.83 Å². The Balaban J connectivity index is 1.14. The van der Waals surface area contributed by atoms with Gasteiger partial charge >= 0.3 is 0 Å². The van der Waals surface area contributed by atoms with Crippen molar-refractivity contribution in [3.05, 3.63) is 151 Å². The van der Waals surface area contributed by atoms with Gasteiger partial charge in [-0.05, 0) is 126 Å². The standard InChI is InChI=1S/C44H29N3O2/c1-26-8-20-41-38(21-26)46-44(48-41)33-14-19-40-36(25-33)35-24-32(43-45-37-17-7-27(2)22-42(37)49-43)13-18-39(35)47(40)34-15-11-29(12-16-34)31-10-9-28-5-3-4-6-30(28)23-31/h3-25H,1-2H3. The van der Waals surface area contributed by atoms with Crippen LogP contribution < -0.4 is 0 Å². The van der Waals surface area contributed by atoms with Crippen LogP contribution in [0, 0.1) is 13.8 Å². The Morgan fingerprint density at radius 3 is 1.82 bits per heavy atom. The van der Waals surface area contributed by atoms with Crippen molar-refractivity contribution in [2.45, 2.75) is 13.8 Å². The van der Waals surface area contributed by atoms with Gasteiger partial charge in [-0.1, -0.05) is 60.7 Å². The van der Waals surface area contributed by atoms with Crippen molar-refractivity contribution in [2.75, 3.05) is 0 Å². The highest BCUT2D eigenvalue weighted by Crippen LogP contribution is 2.38. The van der Waals surface area contributed by atoms with Crippen molar-refractivity contribution >= 4 is 54.8 Å². The van der Waals surface area contributed by atoms with Crippen molar-refractivity contribution in [2.24, 2.45) is 0 Å². The van der Waals surface area contributed by atoms with Gasteiger partial charge in [0.05, 0.1) is 11.0 Å². The molecule has 10 rings (SSSR count). The lowest BCUT2D eigenvalue weighted by Crippen LogP contribution is -1.94. The lowest BCUT2D eigenvalue weighted by molar-refractivity contribution is 0.619. The fourth-order valence-electron chi connectivity index (χ4n) is 7.06. The molecule has 0 N–H and O–H groups in total. The molecule has 232 valence electrons. The third-order valence-corrected chi connectivity index (χ3v) is 9.55. The summed E-state index contributed by atoms with van der Waals surface area (Å²) in [6.45, 7) is 4.13. The molecule has 0 fully saturated rings. The van der Waals surface area contributed by atoms with Gasteiger partial charge in [0, 0.05) is 27.6 Å².